The molecule has 0 spiro atoms. The average Bonchev–Trinajstić information content (AvgIpc) is 2.34. The first-order valence-corrected chi connectivity index (χ1v) is 2.84. The second-order valence-electron chi connectivity index (χ2n) is 1.91. The van der Waals surface area contributed by atoms with E-state index in [0.29, 0.717) is 0 Å². The molecule has 1 aliphatic rings. The van der Waals surface area contributed by atoms with Gasteiger partial charge in [0, 0.05) is 0 Å². The molecular formula is C5H8O5. The van der Waals surface area contributed by atoms with Crippen LogP contribution in [0.1, 0.15) is 0 Å². The second kappa shape index (κ2) is 2.96. The zero-order chi connectivity index (χ0) is 7.56. The predicted molar refractivity (Wildman–Crippen MR) is 29.3 cm³/mol. The molecule has 1 aliphatic heterocycles. The standard InChI is InChI=1S/C5H8O5/c6-1-4-9-2-3(10-4)5(7)8/h3-4,6H,1-2H2,(H,7,8)/t3-,4-/m1/s1. The fraction of sp³-hybridized carbons (Fsp3) is 0.800. The minimum absolute atomic E-state index is 0.0144. The van der Waals surface area contributed by atoms with E-state index in [9.17, 15) is 4.79 Å². The Labute approximate surface area is 57.2 Å². The van der Waals surface area contributed by atoms with Crippen molar-refractivity contribution in [1.82, 2.24) is 0 Å². The van der Waals surface area contributed by atoms with E-state index in [2.05, 4.69) is 0 Å². The first kappa shape index (κ1) is 7.46. The molecule has 0 aromatic rings. The fourth-order valence-corrected chi connectivity index (χ4v) is 0.682. The van der Waals surface area contributed by atoms with Gasteiger partial charge in [-0.3, -0.25) is 0 Å². The van der Waals surface area contributed by atoms with E-state index in [1.54, 1.807) is 0 Å². The van der Waals surface area contributed by atoms with E-state index >= 15 is 0 Å². The second-order valence-corrected chi connectivity index (χ2v) is 1.91. The van der Waals surface area contributed by atoms with Crippen molar-refractivity contribution in [3.63, 3.8) is 0 Å². The third kappa shape index (κ3) is 1.44. The van der Waals surface area contributed by atoms with Crippen LogP contribution >= 0.6 is 0 Å². The summed E-state index contributed by atoms with van der Waals surface area (Å²) in [6.45, 7) is -0.287. The van der Waals surface area contributed by atoms with Gasteiger partial charge in [-0.25, -0.2) is 4.79 Å². The molecule has 1 fully saturated rings. The van der Waals surface area contributed by atoms with Gasteiger partial charge in [-0.2, -0.15) is 0 Å². The van der Waals surface area contributed by atoms with Crippen LogP contribution in [0.5, 0.6) is 0 Å². The van der Waals surface area contributed by atoms with Crippen LogP contribution in [0.3, 0.4) is 0 Å². The Bertz CT molecular complexity index is 134. The van der Waals surface area contributed by atoms with Gasteiger partial charge < -0.3 is 19.7 Å². The van der Waals surface area contributed by atoms with E-state index in [0.717, 1.165) is 0 Å². The van der Waals surface area contributed by atoms with E-state index in [-0.39, 0.29) is 13.2 Å². The van der Waals surface area contributed by atoms with Crippen LogP contribution in [-0.2, 0) is 14.3 Å². The lowest BCUT2D eigenvalue weighted by Gasteiger charge is -2.03. The summed E-state index contributed by atoms with van der Waals surface area (Å²) in [5.41, 5.74) is 0. The monoisotopic (exact) mass is 148 g/mol. The third-order valence-corrected chi connectivity index (χ3v) is 1.17. The van der Waals surface area contributed by atoms with E-state index < -0.39 is 18.4 Å². The van der Waals surface area contributed by atoms with Gasteiger partial charge in [-0.15, -0.1) is 0 Å². The molecule has 0 amide bonds. The summed E-state index contributed by atoms with van der Waals surface area (Å²) in [6, 6.07) is 0. The van der Waals surface area contributed by atoms with Crippen molar-refractivity contribution in [2.45, 2.75) is 12.4 Å². The smallest absolute Gasteiger partial charge is 0.335 e. The molecule has 1 saturated heterocycles. The molecule has 0 aliphatic carbocycles. The fourth-order valence-electron chi connectivity index (χ4n) is 0.682. The normalized spacial score (nSPS) is 32.5. The van der Waals surface area contributed by atoms with Gasteiger partial charge in [-0.05, 0) is 0 Å². The minimum atomic E-state index is -1.06. The molecule has 1 rings (SSSR count). The zero-order valence-electron chi connectivity index (χ0n) is 5.19. The third-order valence-electron chi connectivity index (χ3n) is 1.17. The van der Waals surface area contributed by atoms with Crippen molar-refractivity contribution in [1.29, 1.82) is 0 Å². The number of hydrogen-bond donors (Lipinski definition) is 2. The molecule has 0 aromatic heterocycles. The highest BCUT2D eigenvalue weighted by Gasteiger charge is 2.30. The Morgan fingerprint density at radius 1 is 1.70 bits per heavy atom. The van der Waals surface area contributed by atoms with Crippen LogP contribution in [0.2, 0.25) is 0 Å². The molecule has 0 saturated carbocycles. The van der Waals surface area contributed by atoms with Gasteiger partial charge in [-0.1, -0.05) is 0 Å². The van der Waals surface area contributed by atoms with Crippen molar-refractivity contribution in [3.8, 4) is 0 Å². The van der Waals surface area contributed by atoms with Crippen LogP contribution in [0, 0.1) is 0 Å². The summed E-state index contributed by atoms with van der Waals surface area (Å²) in [6.07, 6.45) is -1.68. The largest absolute Gasteiger partial charge is 0.479 e. The highest BCUT2D eigenvalue weighted by atomic mass is 16.7. The summed E-state index contributed by atoms with van der Waals surface area (Å²) < 4.78 is 9.42. The molecular weight excluding hydrogens is 140 g/mol. The van der Waals surface area contributed by atoms with Crippen molar-refractivity contribution in [2.75, 3.05) is 13.2 Å². The molecule has 0 unspecified atom stereocenters. The van der Waals surface area contributed by atoms with Crippen molar-refractivity contribution < 1.29 is 24.5 Å². The summed E-state index contributed by atoms with van der Waals surface area (Å²) in [4.78, 5) is 10.2. The van der Waals surface area contributed by atoms with Gasteiger partial charge in [0.15, 0.2) is 12.4 Å². The molecule has 58 valence electrons. The topological polar surface area (TPSA) is 76.0 Å². The number of carboxylic acids is 1. The Morgan fingerprint density at radius 2 is 2.40 bits per heavy atom. The molecule has 0 radical (unpaired) electrons. The van der Waals surface area contributed by atoms with Crippen LogP contribution in [0.4, 0.5) is 0 Å². The minimum Gasteiger partial charge on any atom is -0.479 e. The van der Waals surface area contributed by atoms with Crippen molar-refractivity contribution >= 4 is 5.97 Å². The Morgan fingerprint density at radius 3 is 2.70 bits per heavy atom. The SMILES string of the molecule is O=C(O)[C@H]1CO[C@@H](CO)O1. The number of rotatable bonds is 2. The van der Waals surface area contributed by atoms with Gasteiger partial charge in [0.2, 0.25) is 0 Å². The van der Waals surface area contributed by atoms with Crippen LogP contribution in [-0.4, -0.2) is 41.8 Å². The molecule has 2 atom stereocenters. The van der Waals surface area contributed by atoms with E-state index in [4.69, 9.17) is 19.7 Å². The summed E-state index contributed by atoms with van der Waals surface area (Å²) in [5, 5.41) is 16.8. The Balaban J connectivity index is 2.35. The summed E-state index contributed by atoms with van der Waals surface area (Å²) >= 11 is 0. The van der Waals surface area contributed by atoms with Gasteiger partial charge in [0.1, 0.15) is 0 Å². The molecule has 5 nitrogen and oxygen atoms in total. The summed E-state index contributed by atoms with van der Waals surface area (Å²) in [5.74, 6) is -1.06. The quantitative estimate of drug-likeness (QED) is 0.514. The predicted octanol–water partition coefficient (Wildman–Crippen LogP) is -1.20. The number of carboxylic acid groups (broad SMARTS) is 1. The van der Waals surface area contributed by atoms with E-state index in [1.165, 1.54) is 0 Å². The number of ether oxygens (including phenoxy) is 2. The highest BCUT2D eigenvalue weighted by molar-refractivity contribution is 5.72. The zero-order valence-corrected chi connectivity index (χ0v) is 5.19. The Hall–Kier alpha value is -0.650. The number of aliphatic carboxylic acids is 1. The maximum atomic E-state index is 10.2. The van der Waals surface area contributed by atoms with Gasteiger partial charge >= 0.3 is 5.97 Å². The first-order chi connectivity index (χ1) is 4.74. The van der Waals surface area contributed by atoms with Crippen molar-refractivity contribution in [2.24, 2.45) is 0 Å². The van der Waals surface area contributed by atoms with Gasteiger partial charge in [0.05, 0.1) is 13.2 Å². The molecule has 0 bridgehead atoms. The number of aliphatic hydroxyl groups excluding tert-OH is 1. The molecule has 2 N–H and O–H groups in total. The number of aliphatic hydroxyl groups is 1. The molecule has 1 heterocycles. The molecule has 5 heteroatoms. The van der Waals surface area contributed by atoms with Gasteiger partial charge in [0.25, 0.3) is 0 Å². The lowest BCUT2D eigenvalue weighted by Crippen LogP contribution is -2.23. The van der Waals surface area contributed by atoms with Crippen LogP contribution < -0.4 is 0 Å². The highest BCUT2D eigenvalue weighted by Crippen LogP contribution is 2.10. The first-order valence-electron chi connectivity index (χ1n) is 2.84. The molecule has 10 heavy (non-hydrogen) atoms. The number of carbonyl (C=O) groups is 1. The number of hydrogen-bond acceptors (Lipinski definition) is 4. The maximum Gasteiger partial charge on any atom is 0.335 e. The Kier molecular flexibility index (Phi) is 2.21. The molecule has 0 aromatic carbocycles. The van der Waals surface area contributed by atoms with Crippen molar-refractivity contribution in [3.05, 3.63) is 0 Å². The lowest BCUT2D eigenvalue weighted by molar-refractivity contribution is -0.152. The average molecular weight is 148 g/mol. The summed E-state index contributed by atoms with van der Waals surface area (Å²) in [7, 11) is 0. The maximum absolute atomic E-state index is 10.2. The van der Waals surface area contributed by atoms with E-state index in [1.807, 2.05) is 0 Å². The van der Waals surface area contributed by atoms with Crippen LogP contribution in [0.15, 0.2) is 0 Å². The van der Waals surface area contributed by atoms with Crippen LogP contribution in [0.25, 0.3) is 0 Å². The lowest BCUT2D eigenvalue weighted by atomic mass is 10.4.